The van der Waals surface area contributed by atoms with Gasteiger partial charge in [0, 0.05) is 29.8 Å². The third-order valence-corrected chi connectivity index (χ3v) is 6.03. The molecule has 0 bridgehead atoms. The van der Waals surface area contributed by atoms with E-state index in [0.717, 1.165) is 40.5 Å². The molecule has 7 nitrogen and oxygen atoms in total. The lowest BCUT2D eigenvalue weighted by Crippen LogP contribution is -2.30. The highest BCUT2D eigenvalue weighted by Gasteiger charge is 2.32. The summed E-state index contributed by atoms with van der Waals surface area (Å²) in [6, 6.07) is 18.9. The number of nitrogens with two attached hydrogens (primary N) is 1. The smallest absolute Gasteiger partial charge is 0.449 e. The van der Waals surface area contributed by atoms with Gasteiger partial charge in [-0.3, -0.25) is 0 Å². The van der Waals surface area contributed by atoms with Gasteiger partial charge in [0.05, 0.1) is 6.10 Å². The number of carbonyl (C=O) groups is 1. The Morgan fingerprint density at radius 3 is 2.19 bits per heavy atom. The molecule has 0 saturated heterocycles. The second kappa shape index (κ2) is 10.5. The Hall–Kier alpha value is -3.76. The molecule has 0 saturated carbocycles. The van der Waals surface area contributed by atoms with Gasteiger partial charge in [0.15, 0.2) is 0 Å². The van der Waals surface area contributed by atoms with Gasteiger partial charge < -0.3 is 30.7 Å². The fraction of sp³-hybridized carbons (Fsp3) is 0.269. The van der Waals surface area contributed by atoms with Crippen LogP contribution in [0.25, 0.3) is 11.1 Å². The molecule has 2 atom stereocenters. The fourth-order valence-corrected chi connectivity index (χ4v) is 4.36. The van der Waals surface area contributed by atoms with E-state index in [-0.39, 0.29) is 36.7 Å². The van der Waals surface area contributed by atoms with Crippen LogP contribution in [0.15, 0.2) is 66.7 Å². The molecular formula is C26H25F3N2O5. The summed E-state index contributed by atoms with van der Waals surface area (Å²) in [6.45, 7) is 0.123. The zero-order chi connectivity index (χ0) is 25.9. The van der Waals surface area contributed by atoms with Gasteiger partial charge >= 0.3 is 12.5 Å². The molecule has 4 rings (SSSR count). The summed E-state index contributed by atoms with van der Waals surface area (Å²) in [6.07, 6.45) is -8.42. The minimum Gasteiger partial charge on any atom is -0.449 e. The largest absolute Gasteiger partial charge is 0.573 e. The average molecular weight is 502 g/mol. The molecule has 3 aromatic carbocycles. The number of nitrogens with one attached hydrogen (secondary N) is 1. The number of aliphatic hydroxyl groups excluding tert-OH is 2. The molecule has 3 aromatic rings. The van der Waals surface area contributed by atoms with Gasteiger partial charge in [-0.15, -0.1) is 13.2 Å². The van der Waals surface area contributed by atoms with Crippen LogP contribution in [0.4, 0.5) is 23.7 Å². The highest BCUT2D eigenvalue weighted by Crippen LogP contribution is 2.44. The Balaban J connectivity index is 1.27. The van der Waals surface area contributed by atoms with Gasteiger partial charge in [0.1, 0.15) is 18.5 Å². The molecule has 0 aliphatic heterocycles. The predicted octanol–water partition coefficient (Wildman–Crippen LogP) is 4.49. The summed E-state index contributed by atoms with van der Waals surface area (Å²) in [5, 5.41) is 23.2. The molecule has 0 fully saturated rings. The zero-order valence-corrected chi connectivity index (χ0v) is 19.0. The van der Waals surface area contributed by atoms with Crippen molar-refractivity contribution in [3.05, 3.63) is 83.4 Å². The number of hydrogen-bond acceptors (Lipinski definition) is 6. The van der Waals surface area contributed by atoms with Crippen molar-refractivity contribution < 1.29 is 37.7 Å². The van der Waals surface area contributed by atoms with E-state index in [4.69, 9.17) is 10.5 Å². The second-order valence-electron chi connectivity index (χ2n) is 8.39. The van der Waals surface area contributed by atoms with Crippen LogP contribution in [0.5, 0.6) is 5.75 Å². The van der Waals surface area contributed by atoms with Crippen molar-refractivity contribution >= 4 is 11.8 Å². The van der Waals surface area contributed by atoms with Crippen molar-refractivity contribution in [2.24, 2.45) is 0 Å². The number of alkyl halides is 3. The van der Waals surface area contributed by atoms with E-state index in [1.807, 2.05) is 48.5 Å². The molecule has 10 heteroatoms. The molecular weight excluding hydrogens is 477 g/mol. The zero-order valence-electron chi connectivity index (χ0n) is 19.0. The van der Waals surface area contributed by atoms with Crippen LogP contribution < -0.4 is 15.8 Å². The maximum atomic E-state index is 12.3. The molecule has 0 heterocycles. The van der Waals surface area contributed by atoms with E-state index in [1.165, 1.54) is 0 Å². The van der Waals surface area contributed by atoms with Crippen LogP contribution in [0.2, 0.25) is 0 Å². The summed E-state index contributed by atoms with van der Waals surface area (Å²) in [5.41, 5.74) is 9.95. The van der Waals surface area contributed by atoms with Crippen molar-refractivity contribution in [1.29, 1.82) is 0 Å². The first-order valence-corrected chi connectivity index (χ1v) is 11.2. The minimum atomic E-state index is -4.88. The number of anilines is 1. The summed E-state index contributed by atoms with van der Waals surface area (Å²) >= 11 is 0. The molecule has 1 aliphatic rings. The number of aliphatic hydroxyl groups is 2. The second-order valence-corrected chi connectivity index (χ2v) is 8.39. The van der Waals surface area contributed by atoms with Gasteiger partial charge in [0.25, 0.3) is 0 Å². The van der Waals surface area contributed by atoms with Gasteiger partial charge in [-0.2, -0.15) is 0 Å². The predicted molar refractivity (Wildman–Crippen MR) is 126 cm³/mol. The lowest BCUT2D eigenvalue weighted by molar-refractivity contribution is -0.274. The van der Waals surface area contributed by atoms with Crippen molar-refractivity contribution in [2.75, 3.05) is 18.9 Å². The molecule has 0 spiro atoms. The number of hydrogen-bond donors (Lipinski definition) is 4. The first kappa shape index (κ1) is 25.3. The Kier molecular flexibility index (Phi) is 7.37. The number of rotatable bonds is 8. The number of ether oxygens (including phenoxy) is 2. The van der Waals surface area contributed by atoms with E-state index in [9.17, 15) is 28.2 Å². The number of nitrogen functional groups attached to an aromatic ring is 1. The molecule has 5 N–H and O–H groups in total. The molecule has 1 amide bonds. The topological polar surface area (TPSA) is 114 Å². The molecule has 1 aliphatic carbocycles. The van der Waals surface area contributed by atoms with Gasteiger partial charge in [-0.05, 0) is 34.7 Å². The van der Waals surface area contributed by atoms with Crippen molar-refractivity contribution in [1.82, 2.24) is 5.32 Å². The van der Waals surface area contributed by atoms with Gasteiger partial charge in [-0.25, -0.2) is 4.79 Å². The molecule has 2 unspecified atom stereocenters. The number of amides is 1. The first-order valence-electron chi connectivity index (χ1n) is 11.2. The monoisotopic (exact) mass is 502 g/mol. The van der Waals surface area contributed by atoms with Gasteiger partial charge in [-0.1, -0.05) is 54.6 Å². The van der Waals surface area contributed by atoms with Crippen LogP contribution in [0, 0.1) is 0 Å². The van der Waals surface area contributed by atoms with Crippen LogP contribution in [0.3, 0.4) is 0 Å². The Morgan fingerprint density at radius 1 is 1.00 bits per heavy atom. The molecule has 0 aromatic heterocycles. The van der Waals surface area contributed by atoms with Crippen LogP contribution in [0.1, 0.15) is 35.1 Å². The lowest BCUT2D eigenvalue weighted by Gasteiger charge is -2.20. The fourth-order valence-electron chi connectivity index (χ4n) is 4.36. The SMILES string of the molecule is Nc1cc(OC(F)(F)F)ccc1C(O)C(O)CCNC(=O)OCC1c2ccccc2-c2ccccc21. The number of benzene rings is 3. The lowest BCUT2D eigenvalue weighted by atomic mass is 9.98. The standard InChI is InChI=1S/C26H25F3N2O5/c27-26(28,29)36-15-9-10-20(22(30)13-15)24(33)23(32)11-12-31-25(34)35-14-21-18-7-3-1-5-16(18)17-6-2-4-8-19(17)21/h1-10,13,21,23-24,32-33H,11-12,14,30H2,(H,31,34). The Bertz CT molecular complexity index is 1190. The van der Waals surface area contributed by atoms with Crippen LogP contribution >= 0.6 is 0 Å². The third-order valence-electron chi connectivity index (χ3n) is 6.03. The maximum Gasteiger partial charge on any atom is 0.573 e. The van der Waals surface area contributed by atoms with E-state index in [0.29, 0.717) is 0 Å². The minimum absolute atomic E-state index is 0.00985. The molecule has 0 radical (unpaired) electrons. The third kappa shape index (κ3) is 5.72. The van der Waals surface area contributed by atoms with Gasteiger partial charge in [0.2, 0.25) is 0 Å². The van der Waals surface area contributed by atoms with Crippen LogP contribution in [-0.4, -0.2) is 41.9 Å². The summed E-state index contributed by atoms with van der Waals surface area (Å²) in [4.78, 5) is 12.2. The number of halogens is 3. The van der Waals surface area contributed by atoms with Crippen molar-refractivity contribution in [2.45, 2.75) is 30.9 Å². The highest BCUT2D eigenvalue weighted by molar-refractivity contribution is 5.79. The Labute approximate surface area is 205 Å². The number of carbonyl (C=O) groups excluding carboxylic acids is 1. The molecule has 36 heavy (non-hydrogen) atoms. The molecule has 190 valence electrons. The van der Waals surface area contributed by atoms with Crippen molar-refractivity contribution in [3.8, 4) is 16.9 Å². The van der Waals surface area contributed by atoms with Crippen LogP contribution in [-0.2, 0) is 4.74 Å². The van der Waals surface area contributed by atoms with Crippen molar-refractivity contribution in [3.63, 3.8) is 0 Å². The quantitative estimate of drug-likeness (QED) is 0.338. The summed E-state index contributed by atoms with van der Waals surface area (Å²) < 4.78 is 46.2. The average Bonchev–Trinajstić information content (AvgIpc) is 3.15. The number of alkyl carbamates (subject to hydrolysis) is 1. The summed E-state index contributed by atoms with van der Waals surface area (Å²) in [5.74, 6) is -0.634. The van der Waals surface area contributed by atoms with E-state index >= 15 is 0 Å². The number of fused-ring (bicyclic) bond motifs is 3. The summed E-state index contributed by atoms with van der Waals surface area (Å²) in [7, 11) is 0. The first-order chi connectivity index (χ1) is 17.1. The van der Waals surface area contributed by atoms with E-state index in [2.05, 4.69) is 10.1 Å². The maximum absolute atomic E-state index is 12.3. The normalized spacial score (nSPS) is 14.5. The Morgan fingerprint density at radius 2 is 1.61 bits per heavy atom. The highest BCUT2D eigenvalue weighted by atomic mass is 19.4. The van der Waals surface area contributed by atoms with E-state index < -0.39 is 30.4 Å². The van der Waals surface area contributed by atoms with E-state index in [1.54, 1.807) is 0 Å².